The van der Waals surface area contributed by atoms with Crippen LogP contribution in [0.25, 0.3) is 0 Å². The normalized spacial score (nSPS) is 12.8. The Bertz CT molecular complexity index is 642. The molecular formula is C18H22N2O. The molecule has 0 fully saturated rings. The quantitative estimate of drug-likeness (QED) is 0.693. The van der Waals surface area contributed by atoms with Gasteiger partial charge in [-0.1, -0.05) is 26.0 Å². The summed E-state index contributed by atoms with van der Waals surface area (Å²) in [7, 11) is 0. The van der Waals surface area contributed by atoms with Crippen LogP contribution < -0.4 is 0 Å². The summed E-state index contributed by atoms with van der Waals surface area (Å²) in [4.78, 5) is 0. The molecule has 0 amide bonds. The standard InChI is InChI=1S/C18H22N2O/c1-5-14(4)15-6-7-18(21)17(11-15)20-19-16-9-12(2)8-13(3)10-16/h6-11,14,21H,5H2,1-4H3/t14-/m1/s1. The summed E-state index contributed by atoms with van der Waals surface area (Å²) in [5, 5.41) is 18.4. The SMILES string of the molecule is CC[C@@H](C)c1ccc(O)c(N=Nc2cc(C)cc(C)c2)c1. The average molecular weight is 282 g/mol. The molecule has 2 rings (SSSR count). The maximum Gasteiger partial charge on any atom is 0.143 e. The minimum atomic E-state index is 0.162. The number of hydrogen-bond acceptors (Lipinski definition) is 3. The number of aryl methyl sites for hydroxylation is 2. The zero-order valence-electron chi connectivity index (χ0n) is 13.1. The van der Waals surface area contributed by atoms with Crippen LogP contribution in [0.2, 0.25) is 0 Å². The Hall–Kier alpha value is -2.16. The molecule has 0 aliphatic carbocycles. The maximum atomic E-state index is 9.92. The van der Waals surface area contributed by atoms with Gasteiger partial charge in [0.25, 0.3) is 0 Å². The van der Waals surface area contributed by atoms with Gasteiger partial charge in [0, 0.05) is 0 Å². The molecule has 0 aromatic heterocycles. The number of benzene rings is 2. The molecule has 0 saturated heterocycles. The highest BCUT2D eigenvalue weighted by molar-refractivity contribution is 5.53. The lowest BCUT2D eigenvalue weighted by molar-refractivity contribution is 0.476. The molecule has 110 valence electrons. The summed E-state index contributed by atoms with van der Waals surface area (Å²) in [6.45, 7) is 8.38. The van der Waals surface area contributed by atoms with Gasteiger partial charge in [0.05, 0.1) is 5.69 Å². The van der Waals surface area contributed by atoms with Crippen LogP contribution in [0, 0.1) is 13.8 Å². The van der Waals surface area contributed by atoms with Crippen molar-refractivity contribution in [2.24, 2.45) is 10.2 Å². The van der Waals surface area contributed by atoms with Crippen molar-refractivity contribution < 1.29 is 5.11 Å². The Balaban J connectivity index is 2.31. The topological polar surface area (TPSA) is 45.0 Å². The molecule has 3 nitrogen and oxygen atoms in total. The molecule has 0 saturated carbocycles. The van der Waals surface area contributed by atoms with Gasteiger partial charge in [-0.2, -0.15) is 5.11 Å². The third-order valence-corrected chi connectivity index (χ3v) is 3.66. The van der Waals surface area contributed by atoms with E-state index in [4.69, 9.17) is 0 Å². The number of nitrogens with zero attached hydrogens (tertiary/aromatic N) is 2. The summed E-state index contributed by atoms with van der Waals surface area (Å²) in [6, 6.07) is 11.6. The summed E-state index contributed by atoms with van der Waals surface area (Å²) >= 11 is 0. The first-order chi connectivity index (χ1) is 9.99. The number of phenols is 1. The molecule has 1 N–H and O–H groups in total. The lowest BCUT2D eigenvalue weighted by Gasteiger charge is -2.09. The van der Waals surface area contributed by atoms with Crippen LogP contribution in [0.15, 0.2) is 46.6 Å². The third kappa shape index (κ3) is 3.91. The maximum absolute atomic E-state index is 9.92. The van der Waals surface area contributed by atoms with Crippen LogP contribution in [0.4, 0.5) is 11.4 Å². The van der Waals surface area contributed by atoms with Crippen molar-refractivity contribution in [3.63, 3.8) is 0 Å². The summed E-state index contributed by atoms with van der Waals surface area (Å²) in [5.41, 5.74) is 4.81. The Morgan fingerprint density at radius 1 is 1.00 bits per heavy atom. The highest BCUT2D eigenvalue weighted by Crippen LogP contribution is 2.32. The van der Waals surface area contributed by atoms with Crippen molar-refractivity contribution in [1.82, 2.24) is 0 Å². The minimum Gasteiger partial charge on any atom is -0.506 e. The molecule has 3 heteroatoms. The van der Waals surface area contributed by atoms with Crippen molar-refractivity contribution in [1.29, 1.82) is 0 Å². The van der Waals surface area contributed by atoms with Crippen LogP contribution in [-0.4, -0.2) is 5.11 Å². The average Bonchev–Trinajstić information content (AvgIpc) is 2.44. The van der Waals surface area contributed by atoms with Crippen LogP contribution in [0.3, 0.4) is 0 Å². The fourth-order valence-electron chi connectivity index (χ4n) is 2.28. The largest absolute Gasteiger partial charge is 0.506 e. The molecular weight excluding hydrogens is 260 g/mol. The van der Waals surface area contributed by atoms with E-state index < -0.39 is 0 Å². The monoisotopic (exact) mass is 282 g/mol. The molecule has 2 aromatic rings. The van der Waals surface area contributed by atoms with Crippen LogP contribution >= 0.6 is 0 Å². The van der Waals surface area contributed by atoms with Gasteiger partial charge in [0.1, 0.15) is 11.4 Å². The third-order valence-electron chi connectivity index (χ3n) is 3.66. The molecule has 0 heterocycles. The van der Waals surface area contributed by atoms with Gasteiger partial charge in [-0.3, -0.25) is 0 Å². The van der Waals surface area contributed by atoms with Crippen molar-refractivity contribution in [3.05, 3.63) is 53.1 Å². The predicted octanol–water partition coefficient (Wildman–Crippen LogP) is 5.94. The number of aromatic hydroxyl groups is 1. The zero-order chi connectivity index (χ0) is 15.4. The van der Waals surface area contributed by atoms with E-state index in [1.54, 1.807) is 6.07 Å². The molecule has 0 unspecified atom stereocenters. The lowest BCUT2D eigenvalue weighted by Crippen LogP contribution is -1.90. The zero-order valence-corrected chi connectivity index (χ0v) is 13.1. The molecule has 0 spiro atoms. The van der Waals surface area contributed by atoms with Gasteiger partial charge in [-0.25, -0.2) is 0 Å². The highest BCUT2D eigenvalue weighted by atomic mass is 16.3. The summed E-state index contributed by atoms with van der Waals surface area (Å²) < 4.78 is 0. The number of hydrogen-bond donors (Lipinski definition) is 1. The molecule has 21 heavy (non-hydrogen) atoms. The van der Waals surface area contributed by atoms with E-state index in [1.165, 1.54) is 5.56 Å². The molecule has 0 aliphatic heterocycles. The van der Waals surface area contributed by atoms with Crippen molar-refractivity contribution in [2.75, 3.05) is 0 Å². The van der Waals surface area contributed by atoms with Crippen LogP contribution in [-0.2, 0) is 0 Å². The number of azo groups is 1. The van der Waals surface area contributed by atoms with Crippen LogP contribution in [0.1, 0.15) is 42.9 Å². The van der Waals surface area contributed by atoms with Gasteiger partial charge >= 0.3 is 0 Å². The highest BCUT2D eigenvalue weighted by Gasteiger charge is 2.07. The van der Waals surface area contributed by atoms with Crippen molar-refractivity contribution in [3.8, 4) is 5.75 Å². The Labute approximate surface area is 126 Å². The molecule has 2 aromatic carbocycles. The smallest absolute Gasteiger partial charge is 0.143 e. The predicted molar refractivity (Wildman–Crippen MR) is 86.9 cm³/mol. The molecule has 0 radical (unpaired) electrons. The number of phenolic OH excluding ortho intramolecular Hbond substituents is 1. The summed E-state index contributed by atoms with van der Waals surface area (Å²) in [5.74, 6) is 0.607. The van der Waals surface area contributed by atoms with E-state index in [2.05, 4.69) is 30.1 Å². The van der Waals surface area contributed by atoms with E-state index in [1.807, 2.05) is 38.1 Å². The number of rotatable bonds is 4. The molecule has 0 bridgehead atoms. The fourth-order valence-corrected chi connectivity index (χ4v) is 2.28. The first kappa shape index (κ1) is 15.2. The first-order valence-corrected chi connectivity index (χ1v) is 7.32. The fraction of sp³-hybridized carbons (Fsp3) is 0.333. The van der Waals surface area contributed by atoms with E-state index in [9.17, 15) is 5.11 Å². The summed E-state index contributed by atoms with van der Waals surface area (Å²) in [6.07, 6.45) is 1.05. The molecule has 1 atom stereocenters. The second kappa shape index (κ2) is 6.53. The second-order valence-corrected chi connectivity index (χ2v) is 5.60. The Kier molecular flexibility index (Phi) is 4.73. The van der Waals surface area contributed by atoms with Gasteiger partial charge in [-0.15, -0.1) is 5.11 Å². The van der Waals surface area contributed by atoms with Crippen molar-refractivity contribution >= 4 is 11.4 Å². The second-order valence-electron chi connectivity index (χ2n) is 5.60. The minimum absolute atomic E-state index is 0.162. The van der Waals surface area contributed by atoms with Crippen molar-refractivity contribution in [2.45, 2.75) is 40.0 Å². The van der Waals surface area contributed by atoms with Gasteiger partial charge in [0.2, 0.25) is 0 Å². The first-order valence-electron chi connectivity index (χ1n) is 7.32. The van der Waals surface area contributed by atoms with E-state index in [0.29, 0.717) is 11.6 Å². The Morgan fingerprint density at radius 3 is 2.29 bits per heavy atom. The lowest BCUT2D eigenvalue weighted by atomic mass is 9.98. The van der Waals surface area contributed by atoms with Crippen LogP contribution in [0.5, 0.6) is 5.75 Å². The van der Waals surface area contributed by atoms with E-state index >= 15 is 0 Å². The van der Waals surface area contributed by atoms with E-state index in [-0.39, 0.29) is 5.75 Å². The van der Waals surface area contributed by atoms with Gasteiger partial charge in [-0.05, 0) is 67.1 Å². The van der Waals surface area contributed by atoms with Gasteiger partial charge in [0.15, 0.2) is 0 Å². The van der Waals surface area contributed by atoms with Gasteiger partial charge < -0.3 is 5.11 Å². The van der Waals surface area contributed by atoms with E-state index in [0.717, 1.165) is 23.2 Å². The molecule has 0 aliphatic rings. The Morgan fingerprint density at radius 2 is 1.67 bits per heavy atom.